The Morgan fingerprint density at radius 3 is 3.11 bits per heavy atom. The molecule has 6 heteroatoms. The summed E-state index contributed by atoms with van der Waals surface area (Å²) in [6, 6.07) is 3.63. The smallest absolute Gasteiger partial charge is 0.317 e. The molecule has 0 aliphatic heterocycles. The molecule has 2 aromatic heterocycles. The monoisotopic (exact) mass is 276 g/mol. The Bertz CT molecular complexity index is 583. The number of hydrogen-bond acceptors (Lipinski definition) is 5. The molecule has 1 N–H and O–H groups in total. The molecule has 2 aromatic rings. The summed E-state index contributed by atoms with van der Waals surface area (Å²) in [5, 5.41) is 11.5. The van der Waals surface area contributed by atoms with Crippen LogP contribution in [0.4, 0.5) is 0 Å². The molecule has 2 heterocycles. The van der Waals surface area contributed by atoms with E-state index in [0.29, 0.717) is 12.3 Å². The van der Waals surface area contributed by atoms with Gasteiger partial charge in [0.15, 0.2) is 10.8 Å². The van der Waals surface area contributed by atoms with E-state index in [9.17, 15) is 4.79 Å². The van der Waals surface area contributed by atoms with Gasteiger partial charge in [-0.2, -0.15) is 0 Å². The molecule has 0 spiro atoms. The minimum absolute atomic E-state index is 0.0994. The van der Waals surface area contributed by atoms with Crippen molar-refractivity contribution in [2.75, 3.05) is 13.1 Å². The summed E-state index contributed by atoms with van der Waals surface area (Å²) in [7, 11) is 0. The normalized spacial score (nSPS) is 10.5. The first-order chi connectivity index (χ1) is 9.19. The predicted octanol–water partition coefficient (Wildman–Crippen LogP) is 1.92. The molecule has 5 nitrogen and oxygen atoms in total. The molecule has 0 saturated heterocycles. The largest absolute Gasteiger partial charge is 0.480 e. The first-order valence-corrected chi connectivity index (χ1v) is 6.43. The molecule has 0 fully saturated rings. The maximum absolute atomic E-state index is 10.7. The SMILES string of the molecule is C#CCN(CC(=O)O)Cc1csc(-c2ccco2)n1. The number of aromatic nitrogens is 1. The fraction of sp³-hybridized carbons (Fsp3) is 0.231. The average molecular weight is 276 g/mol. The lowest BCUT2D eigenvalue weighted by atomic mass is 10.4. The molecule has 0 aliphatic rings. The summed E-state index contributed by atoms with van der Waals surface area (Å²) < 4.78 is 5.26. The lowest BCUT2D eigenvalue weighted by Gasteiger charge is -2.15. The van der Waals surface area contributed by atoms with Gasteiger partial charge in [0.1, 0.15) is 0 Å². The van der Waals surface area contributed by atoms with Crippen molar-refractivity contribution in [2.45, 2.75) is 6.54 Å². The molecule has 0 aliphatic carbocycles. The van der Waals surface area contributed by atoms with Crippen molar-refractivity contribution >= 4 is 17.3 Å². The lowest BCUT2D eigenvalue weighted by molar-refractivity contribution is -0.138. The van der Waals surface area contributed by atoms with Crippen molar-refractivity contribution in [3.05, 3.63) is 29.5 Å². The van der Waals surface area contributed by atoms with E-state index in [1.54, 1.807) is 17.2 Å². The summed E-state index contributed by atoms with van der Waals surface area (Å²) in [6.45, 7) is 0.589. The summed E-state index contributed by atoms with van der Waals surface area (Å²) in [5.41, 5.74) is 0.785. The van der Waals surface area contributed by atoms with Crippen LogP contribution in [0.2, 0.25) is 0 Å². The highest BCUT2D eigenvalue weighted by Gasteiger charge is 2.12. The van der Waals surface area contributed by atoms with Crippen molar-refractivity contribution in [3.8, 4) is 23.1 Å². The Kier molecular flexibility index (Phi) is 4.34. The van der Waals surface area contributed by atoms with Crippen LogP contribution in [0.5, 0.6) is 0 Å². The average Bonchev–Trinajstić information content (AvgIpc) is 2.97. The highest BCUT2D eigenvalue weighted by molar-refractivity contribution is 7.13. The number of aliphatic carboxylic acids is 1. The third-order valence-corrected chi connectivity index (χ3v) is 3.25. The van der Waals surface area contributed by atoms with E-state index in [4.69, 9.17) is 15.9 Å². The van der Waals surface area contributed by atoms with Crippen LogP contribution in [0.1, 0.15) is 5.69 Å². The fourth-order valence-electron chi connectivity index (χ4n) is 1.61. The second-order valence-electron chi connectivity index (χ2n) is 3.86. The topological polar surface area (TPSA) is 66.6 Å². The number of rotatable bonds is 6. The standard InChI is InChI=1S/C13H12N2O3S/c1-2-5-15(8-12(16)17)7-10-9-19-13(14-10)11-4-3-6-18-11/h1,3-4,6,9H,5,7-8H2,(H,16,17). The Morgan fingerprint density at radius 2 is 2.47 bits per heavy atom. The van der Waals surface area contributed by atoms with E-state index in [2.05, 4.69) is 10.9 Å². The minimum Gasteiger partial charge on any atom is -0.480 e. The van der Waals surface area contributed by atoms with Crippen molar-refractivity contribution < 1.29 is 14.3 Å². The van der Waals surface area contributed by atoms with E-state index in [-0.39, 0.29) is 13.1 Å². The summed E-state index contributed by atoms with van der Waals surface area (Å²) >= 11 is 1.46. The van der Waals surface area contributed by atoms with Crippen molar-refractivity contribution in [1.29, 1.82) is 0 Å². The van der Waals surface area contributed by atoms with Gasteiger partial charge >= 0.3 is 5.97 Å². The van der Waals surface area contributed by atoms with Crippen molar-refractivity contribution in [3.63, 3.8) is 0 Å². The van der Waals surface area contributed by atoms with Gasteiger partial charge < -0.3 is 9.52 Å². The number of carboxylic acid groups (broad SMARTS) is 1. The van der Waals surface area contributed by atoms with Crippen LogP contribution >= 0.6 is 11.3 Å². The van der Waals surface area contributed by atoms with Crippen LogP contribution < -0.4 is 0 Å². The van der Waals surface area contributed by atoms with Gasteiger partial charge in [-0.05, 0) is 12.1 Å². The number of furan rings is 1. The Labute approximate surface area is 114 Å². The summed E-state index contributed by atoms with van der Waals surface area (Å²) in [4.78, 5) is 16.8. The fourth-order valence-corrected chi connectivity index (χ4v) is 2.39. The quantitative estimate of drug-likeness (QED) is 0.816. The van der Waals surface area contributed by atoms with E-state index >= 15 is 0 Å². The molecular weight excluding hydrogens is 264 g/mol. The van der Waals surface area contributed by atoms with Crippen LogP contribution in [-0.2, 0) is 11.3 Å². The minimum atomic E-state index is -0.906. The number of terminal acetylenes is 1. The number of nitrogens with zero attached hydrogens (tertiary/aromatic N) is 2. The highest BCUT2D eigenvalue weighted by Crippen LogP contribution is 2.24. The van der Waals surface area contributed by atoms with Gasteiger partial charge in [-0.15, -0.1) is 17.8 Å². The third-order valence-electron chi connectivity index (χ3n) is 2.34. The van der Waals surface area contributed by atoms with Gasteiger partial charge in [0, 0.05) is 11.9 Å². The van der Waals surface area contributed by atoms with Gasteiger partial charge in [-0.25, -0.2) is 4.98 Å². The first kappa shape index (κ1) is 13.3. The van der Waals surface area contributed by atoms with Gasteiger partial charge in [0.05, 0.1) is 25.0 Å². The number of carboxylic acids is 1. The molecular formula is C13H12N2O3S. The van der Waals surface area contributed by atoms with Gasteiger partial charge in [-0.1, -0.05) is 5.92 Å². The number of carbonyl (C=O) groups is 1. The zero-order chi connectivity index (χ0) is 13.7. The molecule has 0 amide bonds. The van der Waals surface area contributed by atoms with E-state index < -0.39 is 5.97 Å². The molecule has 0 bridgehead atoms. The van der Waals surface area contributed by atoms with Crippen molar-refractivity contribution in [2.24, 2.45) is 0 Å². The van der Waals surface area contributed by atoms with E-state index in [1.165, 1.54) is 11.3 Å². The Hall–Kier alpha value is -2.10. The molecule has 0 unspecified atom stereocenters. The maximum atomic E-state index is 10.7. The Morgan fingerprint density at radius 1 is 1.63 bits per heavy atom. The summed E-state index contributed by atoms with van der Waals surface area (Å²) in [6.07, 6.45) is 6.81. The Balaban J connectivity index is 2.06. The lowest BCUT2D eigenvalue weighted by Crippen LogP contribution is -2.29. The van der Waals surface area contributed by atoms with Gasteiger partial charge in [-0.3, -0.25) is 9.69 Å². The van der Waals surface area contributed by atoms with Crippen LogP contribution in [0, 0.1) is 12.3 Å². The van der Waals surface area contributed by atoms with Gasteiger partial charge in [0.2, 0.25) is 0 Å². The maximum Gasteiger partial charge on any atom is 0.317 e. The van der Waals surface area contributed by atoms with Crippen LogP contribution in [-0.4, -0.2) is 34.0 Å². The first-order valence-electron chi connectivity index (χ1n) is 5.55. The predicted molar refractivity (Wildman–Crippen MR) is 71.6 cm³/mol. The molecule has 0 aromatic carbocycles. The zero-order valence-corrected chi connectivity index (χ0v) is 10.9. The zero-order valence-electron chi connectivity index (χ0n) is 10.1. The van der Waals surface area contributed by atoms with E-state index in [1.807, 2.05) is 11.4 Å². The number of thiazole rings is 1. The van der Waals surface area contributed by atoms with Crippen LogP contribution in [0.3, 0.4) is 0 Å². The third kappa shape index (κ3) is 3.68. The van der Waals surface area contributed by atoms with Crippen molar-refractivity contribution in [1.82, 2.24) is 9.88 Å². The second-order valence-corrected chi connectivity index (χ2v) is 4.72. The van der Waals surface area contributed by atoms with E-state index in [0.717, 1.165) is 10.7 Å². The molecule has 0 atom stereocenters. The molecule has 98 valence electrons. The number of hydrogen-bond donors (Lipinski definition) is 1. The highest BCUT2D eigenvalue weighted by atomic mass is 32.1. The molecule has 2 rings (SSSR count). The molecule has 0 radical (unpaired) electrons. The molecule has 19 heavy (non-hydrogen) atoms. The second kappa shape index (κ2) is 6.18. The summed E-state index contributed by atoms with van der Waals surface area (Å²) in [5.74, 6) is 2.25. The van der Waals surface area contributed by atoms with Gasteiger partial charge in [0.25, 0.3) is 0 Å². The van der Waals surface area contributed by atoms with Crippen LogP contribution in [0.25, 0.3) is 10.8 Å². The molecule has 0 saturated carbocycles. The van der Waals surface area contributed by atoms with Crippen LogP contribution in [0.15, 0.2) is 28.2 Å².